The molecule has 148 valence electrons. The quantitative estimate of drug-likeness (QED) is 0.727. The molecule has 0 bridgehead atoms. The van der Waals surface area contributed by atoms with Crippen LogP contribution in [0, 0.1) is 12.7 Å². The molecule has 1 aliphatic rings. The van der Waals surface area contributed by atoms with Crippen molar-refractivity contribution in [2.75, 3.05) is 26.2 Å². The molecule has 1 aliphatic heterocycles. The van der Waals surface area contributed by atoms with Crippen LogP contribution in [0.3, 0.4) is 0 Å². The Morgan fingerprint density at radius 3 is 2.21 bits per heavy atom. The van der Waals surface area contributed by atoms with Gasteiger partial charge in [0.05, 0.1) is 22.3 Å². The highest BCUT2D eigenvalue weighted by Crippen LogP contribution is 2.21. The fraction of sp³-hybridized carbons (Fsp3) is 0.227. The van der Waals surface area contributed by atoms with E-state index in [0.29, 0.717) is 48.3 Å². The first kappa shape index (κ1) is 18.9. The van der Waals surface area contributed by atoms with Crippen LogP contribution in [-0.2, 0) is 0 Å². The van der Waals surface area contributed by atoms with Crippen molar-refractivity contribution < 1.29 is 19.1 Å². The summed E-state index contributed by atoms with van der Waals surface area (Å²) in [4.78, 5) is 33.3. The van der Waals surface area contributed by atoms with E-state index >= 15 is 0 Å². The molecular formula is C22H20FN3O3. The highest BCUT2D eigenvalue weighted by atomic mass is 19.1. The van der Waals surface area contributed by atoms with Gasteiger partial charge in [-0.2, -0.15) is 0 Å². The van der Waals surface area contributed by atoms with Crippen molar-refractivity contribution >= 4 is 22.7 Å². The van der Waals surface area contributed by atoms with E-state index in [2.05, 4.69) is 4.98 Å². The van der Waals surface area contributed by atoms with Crippen LogP contribution < -0.4 is 0 Å². The first-order chi connectivity index (χ1) is 13.9. The fourth-order valence-electron chi connectivity index (χ4n) is 3.56. The van der Waals surface area contributed by atoms with E-state index in [0.717, 1.165) is 0 Å². The number of hydrogen-bond acceptors (Lipinski definition) is 4. The van der Waals surface area contributed by atoms with E-state index in [1.54, 1.807) is 47.1 Å². The molecule has 29 heavy (non-hydrogen) atoms. The molecule has 0 spiro atoms. The third-order valence-corrected chi connectivity index (χ3v) is 5.19. The smallest absolute Gasteiger partial charge is 0.257 e. The van der Waals surface area contributed by atoms with Gasteiger partial charge in [-0.1, -0.05) is 12.1 Å². The van der Waals surface area contributed by atoms with Crippen LogP contribution in [0.5, 0.6) is 5.75 Å². The predicted octanol–water partition coefficient (Wildman–Crippen LogP) is 2.99. The molecule has 4 rings (SSSR count). The lowest BCUT2D eigenvalue weighted by molar-refractivity contribution is 0.0533. The van der Waals surface area contributed by atoms with Gasteiger partial charge in [0, 0.05) is 37.6 Å². The van der Waals surface area contributed by atoms with Gasteiger partial charge in [0.25, 0.3) is 11.8 Å². The van der Waals surface area contributed by atoms with Gasteiger partial charge >= 0.3 is 0 Å². The minimum atomic E-state index is -0.367. The number of aryl methyl sites for hydroxylation is 1. The van der Waals surface area contributed by atoms with Crippen LogP contribution in [0.15, 0.2) is 48.5 Å². The van der Waals surface area contributed by atoms with Gasteiger partial charge in [0.15, 0.2) is 0 Å². The molecular weight excluding hydrogens is 373 g/mol. The van der Waals surface area contributed by atoms with Gasteiger partial charge in [-0.3, -0.25) is 14.6 Å². The van der Waals surface area contributed by atoms with E-state index in [1.165, 1.54) is 18.2 Å². The van der Waals surface area contributed by atoms with E-state index in [-0.39, 0.29) is 28.9 Å². The Bertz CT molecular complexity index is 1110. The number of para-hydroxylation sites is 1. The second-order valence-corrected chi connectivity index (χ2v) is 7.06. The number of benzene rings is 2. The molecule has 7 heteroatoms. The van der Waals surface area contributed by atoms with Crippen LogP contribution in [-0.4, -0.2) is 57.9 Å². The molecule has 3 aromatic rings. The van der Waals surface area contributed by atoms with Gasteiger partial charge in [-0.25, -0.2) is 4.39 Å². The molecule has 0 aliphatic carbocycles. The summed E-state index contributed by atoms with van der Waals surface area (Å²) in [6, 6.07) is 12.5. The summed E-state index contributed by atoms with van der Waals surface area (Å²) in [5.74, 6) is -0.823. The van der Waals surface area contributed by atoms with E-state index in [4.69, 9.17) is 0 Å². The third kappa shape index (κ3) is 3.63. The minimum absolute atomic E-state index is 0.0506. The number of phenols is 1. The standard InChI is InChI=1S/C22H20FN3O3/c1-14-18(12-15-6-7-16(23)13-19(15)24-14)22(29)26-10-8-25(9-11-26)21(28)17-4-2-3-5-20(17)27/h2-7,12-13,27H,8-11H2,1H3. The second-order valence-electron chi connectivity index (χ2n) is 7.06. The van der Waals surface area contributed by atoms with Crippen LogP contribution >= 0.6 is 0 Å². The number of carbonyl (C=O) groups is 2. The third-order valence-electron chi connectivity index (χ3n) is 5.19. The average Bonchev–Trinajstić information content (AvgIpc) is 2.72. The highest BCUT2D eigenvalue weighted by molar-refractivity contribution is 5.99. The van der Waals surface area contributed by atoms with Gasteiger partial charge in [-0.05, 0) is 37.3 Å². The Labute approximate surface area is 167 Å². The number of hydrogen-bond donors (Lipinski definition) is 1. The van der Waals surface area contributed by atoms with Gasteiger partial charge in [0.2, 0.25) is 0 Å². The minimum Gasteiger partial charge on any atom is -0.507 e. The lowest BCUT2D eigenvalue weighted by atomic mass is 10.1. The molecule has 2 aromatic carbocycles. The van der Waals surface area contributed by atoms with Crippen molar-refractivity contribution in [3.63, 3.8) is 0 Å². The zero-order chi connectivity index (χ0) is 20.5. The second kappa shape index (κ2) is 7.50. The number of pyridine rings is 1. The highest BCUT2D eigenvalue weighted by Gasteiger charge is 2.27. The number of aromatic nitrogens is 1. The number of nitrogens with zero attached hydrogens (tertiary/aromatic N) is 3. The van der Waals surface area contributed by atoms with Crippen LogP contribution in [0.25, 0.3) is 10.9 Å². The predicted molar refractivity (Wildman–Crippen MR) is 106 cm³/mol. The van der Waals surface area contributed by atoms with E-state index in [9.17, 15) is 19.1 Å². The summed E-state index contributed by atoms with van der Waals surface area (Å²) in [6.45, 7) is 3.27. The number of halogens is 1. The Morgan fingerprint density at radius 1 is 0.931 bits per heavy atom. The lowest BCUT2D eigenvalue weighted by Crippen LogP contribution is -2.50. The zero-order valence-corrected chi connectivity index (χ0v) is 15.9. The number of amides is 2. The van der Waals surface area contributed by atoms with Crippen molar-refractivity contribution in [1.82, 2.24) is 14.8 Å². The summed E-state index contributed by atoms with van der Waals surface area (Å²) >= 11 is 0. The molecule has 1 saturated heterocycles. The number of carbonyl (C=O) groups excluding carboxylic acids is 2. The molecule has 1 aromatic heterocycles. The number of phenolic OH excluding ortho intramolecular Hbond substituents is 1. The van der Waals surface area contributed by atoms with Gasteiger partial charge in [0.1, 0.15) is 11.6 Å². The normalized spacial score (nSPS) is 14.3. The van der Waals surface area contributed by atoms with Crippen LogP contribution in [0.1, 0.15) is 26.4 Å². The maximum Gasteiger partial charge on any atom is 0.257 e. The lowest BCUT2D eigenvalue weighted by Gasteiger charge is -2.35. The van der Waals surface area contributed by atoms with Gasteiger partial charge in [-0.15, -0.1) is 0 Å². The molecule has 0 atom stereocenters. The number of piperazine rings is 1. The summed E-state index contributed by atoms with van der Waals surface area (Å²) in [5, 5.41) is 10.6. The monoisotopic (exact) mass is 393 g/mol. The molecule has 2 heterocycles. The SMILES string of the molecule is Cc1nc2cc(F)ccc2cc1C(=O)N1CCN(C(=O)c2ccccc2O)CC1. The van der Waals surface area contributed by atoms with Crippen molar-refractivity contribution in [2.24, 2.45) is 0 Å². The Balaban J connectivity index is 1.49. The topological polar surface area (TPSA) is 73.7 Å². The van der Waals surface area contributed by atoms with Crippen molar-refractivity contribution in [3.8, 4) is 5.75 Å². The summed E-state index contributed by atoms with van der Waals surface area (Å²) in [5.41, 5.74) is 1.79. The Morgan fingerprint density at radius 2 is 1.55 bits per heavy atom. The molecule has 0 saturated carbocycles. The Kier molecular flexibility index (Phi) is 4.88. The molecule has 0 unspecified atom stereocenters. The van der Waals surface area contributed by atoms with Crippen molar-refractivity contribution in [3.05, 3.63) is 71.2 Å². The zero-order valence-electron chi connectivity index (χ0n) is 15.9. The fourth-order valence-corrected chi connectivity index (χ4v) is 3.56. The number of aromatic hydroxyl groups is 1. The maximum absolute atomic E-state index is 13.4. The molecule has 1 fully saturated rings. The number of fused-ring (bicyclic) bond motifs is 1. The molecule has 2 amide bonds. The first-order valence-corrected chi connectivity index (χ1v) is 9.37. The molecule has 1 N–H and O–H groups in total. The largest absolute Gasteiger partial charge is 0.507 e. The summed E-state index contributed by atoms with van der Waals surface area (Å²) < 4.78 is 13.4. The molecule has 0 radical (unpaired) electrons. The summed E-state index contributed by atoms with van der Waals surface area (Å²) in [7, 11) is 0. The van der Waals surface area contributed by atoms with Gasteiger partial charge < -0.3 is 14.9 Å². The number of rotatable bonds is 2. The van der Waals surface area contributed by atoms with Crippen LogP contribution in [0.2, 0.25) is 0 Å². The van der Waals surface area contributed by atoms with Crippen molar-refractivity contribution in [1.29, 1.82) is 0 Å². The van der Waals surface area contributed by atoms with E-state index in [1.807, 2.05) is 0 Å². The van der Waals surface area contributed by atoms with E-state index < -0.39 is 0 Å². The van der Waals surface area contributed by atoms with Crippen LogP contribution in [0.4, 0.5) is 4.39 Å². The van der Waals surface area contributed by atoms with Crippen molar-refractivity contribution in [2.45, 2.75) is 6.92 Å². The summed E-state index contributed by atoms with van der Waals surface area (Å²) in [6.07, 6.45) is 0. The maximum atomic E-state index is 13.4. The Hall–Kier alpha value is -3.48. The average molecular weight is 393 g/mol. The first-order valence-electron chi connectivity index (χ1n) is 9.37. The molecule has 6 nitrogen and oxygen atoms in total.